The van der Waals surface area contributed by atoms with Crippen molar-refractivity contribution < 1.29 is 19.0 Å². The molecule has 0 atom stereocenters. The number of carbonyl (C=O) groups is 1. The molecule has 1 saturated carbocycles. The van der Waals surface area contributed by atoms with Crippen LogP contribution in [-0.2, 0) is 10.3 Å². The van der Waals surface area contributed by atoms with Crippen molar-refractivity contribution in [1.82, 2.24) is 10.3 Å². The van der Waals surface area contributed by atoms with Crippen LogP contribution in [0.5, 0.6) is 0 Å². The third-order valence-electron chi connectivity index (χ3n) is 3.21. The molecule has 0 aliphatic heterocycles. The second-order valence-corrected chi connectivity index (χ2v) is 7.07. The Morgan fingerprint density at radius 2 is 2.14 bits per heavy atom. The molecule has 7 heteroatoms. The molecule has 116 valence electrons. The van der Waals surface area contributed by atoms with Gasteiger partial charge in [-0.25, -0.2) is 9.78 Å². The van der Waals surface area contributed by atoms with Crippen LogP contribution in [0.1, 0.15) is 39.2 Å². The smallest absolute Gasteiger partial charge is 0.407 e. The zero-order valence-electron chi connectivity index (χ0n) is 12.1. The molecule has 1 fully saturated rings. The molecule has 1 amide bonds. The van der Waals surface area contributed by atoms with E-state index >= 15 is 0 Å². The summed E-state index contributed by atoms with van der Waals surface area (Å²) in [5.41, 5.74) is -1.73. The van der Waals surface area contributed by atoms with Gasteiger partial charge in [-0.05, 0) is 48.8 Å². The third-order valence-corrected chi connectivity index (χ3v) is 3.65. The van der Waals surface area contributed by atoms with E-state index in [-0.39, 0.29) is 24.4 Å². The Balaban J connectivity index is 1.94. The number of hydrogen-bond acceptors (Lipinski definition) is 4. The molecule has 0 radical (unpaired) electrons. The van der Waals surface area contributed by atoms with E-state index in [4.69, 9.17) is 4.74 Å². The number of aromatic nitrogens is 1. The number of rotatable bonds is 2. The largest absolute Gasteiger partial charge is 0.444 e. The van der Waals surface area contributed by atoms with Gasteiger partial charge in [-0.1, -0.05) is 0 Å². The van der Waals surface area contributed by atoms with Crippen LogP contribution in [0.4, 0.5) is 9.18 Å². The lowest BCUT2D eigenvalue weighted by atomic mass is 9.71. The predicted molar refractivity (Wildman–Crippen MR) is 78.2 cm³/mol. The van der Waals surface area contributed by atoms with Crippen molar-refractivity contribution in [2.75, 3.05) is 0 Å². The molecule has 0 bridgehead atoms. The summed E-state index contributed by atoms with van der Waals surface area (Å²) in [4.78, 5) is 15.2. The molecule has 1 aliphatic carbocycles. The molecule has 5 nitrogen and oxygen atoms in total. The van der Waals surface area contributed by atoms with Gasteiger partial charge < -0.3 is 15.2 Å². The second-order valence-electron chi connectivity index (χ2n) is 6.26. The lowest BCUT2D eigenvalue weighted by molar-refractivity contribution is -0.0656. The topological polar surface area (TPSA) is 71.5 Å². The maximum atomic E-state index is 13.8. The number of carbonyl (C=O) groups excluding carboxylic acids is 1. The molecule has 0 spiro atoms. The number of ether oxygens (including phenoxy) is 1. The molecule has 0 aromatic carbocycles. The van der Waals surface area contributed by atoms with Gasteiger partial charge in [0.25, 0.3) is 0 Å². The van der Waals surface area contributed by atoms with E-state index in [0.717, 1.165) is 0 Å². The van der Waals surface area contributed by atoms with E-state index in [2.05, 4.69) is 26.2 Å². The van der Waals surface area contributed by atoms with Crippen LogP contribution in [0.15, 0.2) is 16.7 Å². The number of aliphatic hydroxyl groups is 1. The van der Waals surface area contributed by atoms with Crippen molar-refractivity contribution in [3.8, 4) is 0 Å². The van der Waals surface area contributed by atoms with Crippen LogP contribution < -0.4 is 5.32 Å². The average Bonchev–Trinajstić information content (AvgIpc) is 2.23. The molecule has 0 unspecified atom stereocenters. The quantitative estimate of drug-likeness (QED) is 0.795. The van der Waals surface area contributed by atoms with Crippen LogP contribution in [0, 0.1) is 5.95 Å². The predicted octanol–water partition coefficient (Wildman–Crippen LogP) is 2.86. The van der Waals surface area contributed by atoms with Crippen molar-refractivity contribution >= 4 is 22.0 Å². The molecule has 2 rings (SSSR count). The Labute approximate surface area is 131 Å². The van der Waals surface area contributed by atoms with E-state index in [1.54, 1.807) is 26.8 Å². The van der Waals surface area contributed by atoms with Crippen molar-refractivity contribution in [2.24, 2.45) is 0 Å². The standard InChI is InChI=1S/C14H18BrFN2O3/c1-13(2,3)21-12(19)17-8-6-14(20,7-8)9-4-5-10(15)18-11(9)16/h4-5,8,20H,6-7H2,1-3H3,(H,17,19)/t8-,14-. The van der Waals surface area contributed by atoms with Crippen molar-refractivity contribution in [2.45, 2.75) is 50.9 Å². The van der Waals surface area contributed by atoms with Crippen LogP contribution in [-0.4, -0.2) is 27.8 Å². The maximum absolute atomic E-state index is 13.8. The summed E-state index contributed by atoms with van der Waals surface area (Å²) in [6, 6.07) is 2.83. The average molecular weight is 361 g/mol. The number of nitrogens with zero attached hydrogens (tertiary/aromatic N) is 1. The van der Waals surface area contributed by atoms with Gasteiger partial charge in [-0.15, -0.1) is 0 Å². The Morgan fingerprint density at radius 1 is 1.52 bits per heavy atom. The number of nitrogens with one attached hydrogen (secondary N) is 1. The first-order valence-corrected chi connectivity index (χ1v) is 7.43. The lowest BCUT2D eigenvalue weighted by Gasteiger charge is -2.43. The van der Waals surface area contributed by atoms with E-state index in [1.807, 2.05) is 0 Å². The van der Waals surface area contributed by atoms with Crippen molar-refractivity contribution in [1.29, 1.82) is 0 Å². The zero-order valence-corrected chi connectivity index (χ0v) is 13.7. The number of amides is 1. The van der Waals surface area contributed by atoms with Gasteiger partial charge in [0.15, 0.2) is 0 Å². The van der Waals surface area contributed by atoms with Crippen LogP contribution in [0.3, 0.4) is 0 Å². The monoisotopic (exact) mass is 360 g/mol. The van der Waals surface area contributed by atoms with Crippen LogP contribution in [0.2, 0.25) is 0 Å². The highest BCUT2D eigenvalue weighted by atomic mass is 79.9. The van der Waals surface area contributed by atoms with Crippen LogP contribution in [0.25, 0.3) is 0 Å². The molecule has 1 heterocycles. The summed E-state index contributed by atoms with van der Waals surface area (Å²) in [6.45, 7) is 5.31. The molecule has 2 N–H and O–H groups in total. The normalized spacial score (nSPS) is 25.1. The summed E-state index contributed by atoms with van der Waals surface area (Å²) in [7, 11) is 0. The number of hydrogen-bond donors (Lipinski definition) is 2. The van der Waals surface area contributed by atoms with Gasteiger partial charge in [0.05, 0.1) is 5.60 Å². The van der Waals surface area contributed by atoms with E-state index in [1.165, 1.54) is 6.07 Å². The molecule has 1 aromatic rings. The zero-order chi connectivity index (χ0) is 15.8. The highest BCUT2D eigenvalue weighted by Crippen LogP contribution is 2.42. The fraction of sp³-hybridized carbons (Fsp3) is 0.571. The Hall–Kier alpha value is -1.21. The summed E-state index contributed by atoms with van der Waals surface area (Å²) in [5, 5.41) is 13.0. The number of halogens is 2. The van der Waals surface area contributed by atoms with Crippen LogP contribution >= 0.6 is 15.9 Å². The highest BCUT2D eigenvalue weighted by molar-refractivity contribution is 9.10. The summed E-state index contributed by atoms with van der Waals surface area (Å²) in [5.74, 6) is -0.706. The second kappa shape index (κ2) is 5.53. The minimum atomic E-state index is -1.29. The summed E-state index contributed by atoms with van der Waals surface area (Å²) in [6.07, 6.45) is -0.0807. The fourth-order valence-electron chi connectivity index (χ4n) is 2.31. The SMILES string of the molecule is CC(C)(C)OC(=O)N[C@H]1C[C@@](O)(c2ccc(Br)nc2F)C1. The third kappa shape index (κ3) is 3.91. The van der Waals surface area contributed by atoms with Gasteiger partial charge in [0.2, 0.25) is 5.95 Å². The fourth-order valence-corrected chi connectivity index (χ4v) is 2.60. The summed E-state index contributed by atoms with van der Waals surface area (Å²) < 4.78 is 19.3. The first-order valence-electron chi connectivity index (χ1n) is 6.63. The number of alkyl carbamates (subject to hydrolysis) is 1. The van der Waals surface area contributed by atoms with Gasteiger partial charge in [-0.2, -0.15) is 4.39 Å². The van der Waals surface area contributed by atoms with E-state index in [9.17, 15) is 14.3 Å². The minimum Gasteiger partial charge on any atom is -0.444 e. The van der Waals surface area contributed by atoms with Crippen molar-refractivity contribution in [3.63, 3.8) is 0 Å². The number of pyridine rings is 1. The molecular weight excluding hydrogens is 343 g/mol. The van der Waals surface area contributed by atoms with Gasteiger partial charge in [-0.3, -0.25) is 0 Å². The Morgan fingerprint density at radius 3 is 2.67 bits per heavy atom. The minimum absolute atomic E-state index is 0.146. The molecule has 21 heavy (non-hydrogen) atoms. The van der Waals surface area contributed by atoms with Gasteiger partial charge >= 0.3 is 6.09 Å². The van der Waals surface area contributed by atoms with Gasteiger partial charge in [0.1, 0.15) is 10.2 Å². The van der Waals surface area contributed by atoms with E-state index in [0.29, 0.717) is 4.60 Å². The van der Waals surface area contributed by atoms with Gasteiger partial charge in [0, 0.05) is 24.4 Å². The molecule has 1 aliphatic rings. The Bertz CT molecular complexity index is 554. The molecule has 0 saturated heterocycles. The summed E-state index contributed by atoms with van der Waals surface area (Å²) >= 11 is 3.07. The maximum Gasteiger partial charge on any atom is 0.407 e. The molecule has 1 aromatic heterocycles. The van der Waals surface area contributed by atoms with Crippen molar-refractivity contribution in [3.05, 3.63) is 28.2 Å². The lowest BCUT2D eigenvalue weighted by Crippen LogP contribution is -2.54. The Kier molecular flexibility index (Phi) is 4.26. The first-order chi connectivity index (χ1) is 9.59. The highest BCUT2D eigenvalue weighted by Gasteiger charge is 2.47. The molecular formula is C14H18BrFN2O3. The van der Waals surface area contributed by atoms with E-state index < -0.39 is 23.2 Å². The first kappa shape index (κ1) is 16.2.